The van der Waals surface area contributed by atoms with Crippen molar-refractivity contribution in [2.45, 2.75) is 32.9 Å². The van der Waals surface area contributed by atoms with Crippen LogP contribution in [0, 0.1) is 6.92 Å². The normalized spacial score (nSPS) is 12.8. The topological polar surface area (TPSA) is 74.1 Å². The van der Waals surface area contributed by atoms with Gasteiger partial charge in [-0.1, -0.05) is 6.92 Å². The summed E-state index contributed by atoms with van der Waals surface area (Å²) in [6.07, 6.45) is 2.23. The van der Waals surface area contributed by atoms with Gasteiger partial charge in [0.15, 0.2) is 5.76 Å². The summed E-state index contributed by atoms with van der Waals surface area (Å²) in [6, 6.07) is 3.85. The Hall–Kier alpha value is -1.59. The van der Waals surface area contributed by atoms with Gasteiger partial charge < -0.3 is 14.8 Å². The minimum absolute atomic E-state index is 0.300. The van der Waals surface area contributed by atoms with Gasteiger partial charge in [0.2, 0.25) is 0 Å². The maximum atomic E-state index is 9.47. The van der Waals surface area contributed by atoms with Gasteiger partial charge in [0.25, 0.3) is 0 Å². The number of rotatable bonds is 6. The fourth-order valence-electron chi connectivity index (χ4n) is 1.75. The number of aromatic nitrogens is 2. The van der Waals surface area contributed by atoms with Crippen molar-refractivity contribution in [3.8, 4) is 11.5 Å². The molecule has 0 radical (unpaired) electrons. The first-order chi connectivity index (χ1) is 8.70. The van der Waals surface area contributed by atoms with Crippen LogP contribution in [0.15, 0.2) is 22.7 Å². The van der Waals surface area contributed by atoms with Crippen molar-refractivity contribution in [3.63, 3.8) is 0 Å². The van der Waals surface area contributed by atoms with Crippen LogP contribution in [0.25, 0.3) is 11.5 Å². The van der Waals surface area contributed by atoms with E-state index in [4.69, 9.17) is 4.42 Å². The molecule has 0 aliphatic carbocycles. The van der Waals surface area contributed by atoms with E-state index in [2.05, 4.69) is 15.5 Å². The Labute approximate surface area is 106 Å². The average molecular weight is 249 g/mol. The summed E-state index contributed by atoms with van der Waals surface area (Å²) in [7, 11) is 0. The molecular weight excluding hydrogens is 230 g/mol. The van der Waals surface area contributed by atoms with Crippen molar-refractivity contribution in [1.82, 2.24) is 15.5 Å². The van der Waals surface area contributed by atoms with Crippen molar-refractivity contribution in [1.29, 1.82) is 0 Å². The van der Waals surface area contributed by atoms with Crippen molar-refractivity contribution in [2.75, 3.05) is 6.54 Å². The number of hydrogen-bond acceptors (Lipinski definition) is 4. The summed E-state index contributed by atoms with van der Waals surface area (Å²) in [5, 5.41) is 19.7. The molecule has 0 fully saturated rings. The van der Waals surface area contributed by atoms with Crippen LogP contribution < -0.4 is 5.32 Å². The Bertz CT molecular complexity index is 490. The van der Waals surface area contributed by atoms with Gasteiger partial charge in [0, 0.05) is 18.7 Å². The smallest absolute Gasteiger partial charge is 0.152 e. The molecule has 5 nitrogen and oxygen atoms in total. The molecule has 2 aromatic rings. The SMILES string of the molecule is CCC(O)CNCc1cn[nH]c1-c1ccc(C)o1. The highest BCUT2D eigenvalue weighted by atomic mass is 16.3. The molecule has 0 aromatic carbocycles. The van der Waals surface area contributed by atoms with Gasteiger partial charge in [-0.3, -0.25) is 5.10 Å². The van der Waals surface area contributed by atoms with Crippen LogP contribution >= 0.6 is 0 Å². The van der Waals surface area contributed by atoms with Crippen molar-refractivity contribution in [2.24, 2.45) is 0 Å². The fourth-order valence-corrected chi connectivity index (χ4v) is 1.75. The van der Waals surface area contributed by atoms with Crippen LogP contribution in [0.5, 0.6) is 0 Å². The molecular formula is C13H19N3O2. The zero-order chi connectivity index (χ0) is 13.0. The molecule has 0 bridgehead atoms. The van der Waals surface area contributed by atoms with Crippen LogP contribution in [-0.2, 0) is 6.54 Å². The highest BCUT2D eigenvalue weighted by Gasteiger charge is 2.11. The third-order valence-corrected chi connectivity index (χ3v) is 2.87. The van der Waals surface area contributed by atoms with E-state index < -0.39 is 0 Å². The monoisotopic (exact) mass is 249 g/mol. The Kier molecular flexibility index (Phi) is 4.17. The predicted molar refractivity (Wildman–Crippen MR) is 69.0 cm³/mol. The summed E-state index contributed by atoms with van der Waals surface area (Å²) in [6.45, 7) is 5.11. The summed E-state index contributed by atoms with van der Waals surface area (Å²) in [5.74, 6) is 1.66. The molecule has 18 heavy (non-hydrogen) atoms. The number of aliphatic hydroxyl groups is 1. The molecule has 0 spiro atoms. The first-order valence-corrected chi connectivity index (χ1v) is 6.18. The Morgan fingerprint density at radius 2 is 2.33 bits per heavy atom. The molecule has 2 aromatic heterocycles. The minimum Gasteiger partial charge on any atom is -0.460 e. The average Bonchev–Trinajstić information content (AvgIpc) is 2.97. The molecule has 0 aliphatic rings. The number of furan rings is 1. The van der Waals surface area contributed by atoms with Gasteiger partial charge in [0.1, 0.15) is 11.5 Å². The van der Waals surface area contributed by atoms with Gasteiger partial charge in [-0.2, -0.15) is 5.10 Å². The number of hydrogen-bond donors (Lipinski definition) is 3. The zero-order valence-electron chi connectivity index (χ0n) is 10.7. The van der Waals surface area contributed by atoms with Crippen molar-refractivity contribution >= 4 is 0 Å². The molecule has 5 heteroatoms. The third kappa shape index (κ3) is 3.00. The lowest BCUT2D eigenvalue weighted by Crippen LogP contribution is -2.25. The molecule has 1 unspecified atom stereocenters. The number of nitrogens with one attached hydrogen (secondary N) is 2. The van der Waals surface area contributed by atoms with E-state index in [0.29, 0.717) is 13.1 Å². The molecule has 0 saturated heterocycles. The number of aromatic amines is 1. The lowest BCUT2D eigenvalue weighted by molar-refractivity contribution is 0.167. The molecule has 0 aliphatic heterocycles. The Morgan fingerprint density at radius 3 is 3.00 bits per heavy atom. The second kappa shape index (κ2) is 5.84. The first kappa shape index (κ1) is 12.9. The van der Waals surface area contributed by atoms with Crippen LogP contribution in [0.4, 0.5) is 0 Å². The number of aryl methyl sites for hydroxylation is 1. The van der Waals surface area contributed by atoms with Gasteiger partial charge in [-0.05, 0) is 25.5 Å². The summed E-state index contributed by atoms with van der Waals surface area (Å²) in [4.78, 5) is 0. The van der Waals surface area contributed by atoms with Crippen LogP contribution in [0.1, 0.15) is 24.7 Å². The number of aliphatic hydroxyl groups excluding tert-OH is 1. The molecule has 0 saturated carbocycles. The predicted octanol–water partition coefficient (Wildman–Crippen LogP) is 1.84. The van der Waals surface area contributed by atoms with Crippen molar-refractivity contribution < 1.29 is 9.52 Å². The highest BCUT2D eigenvalue weighted by Crippen LogP contribution is 2.23. The van der Waals surface area contributed by atoms with Crippen LogP contribution in [0.2, 0.25) is 0 Å². The summed E-state index contributed by atoms with van der Waals surface area (Å²) < 4.78 is 5.57. The summed E-state index contributed by atoms with van der Waals surface area (Å²) >= 11 is 0. The van der Waals surface area contributed by atoms with Gasteiger partial charge in [0.05, 0.1) is 12.3 Å². The second-order valence-electron chi connectivity index (χ2n) is 4.37. The quantitative estimate of drug-likeness (QED) is 0.730. The van der Waals surface area contributed by atoms with E-state index in [1.165, 1.54) is 0 Å². The maximum Gasteiger partial charge on any atom is 0.152 e. The number of nitrogens with zero attached hydrogens (tertiary/aromatic N) is 1. The molecule has 1 atom stereocenters. The minimum atomic E-state index is -0.300. The fraction of sp³-hybridized carbons (Fsp3) is 0.462. The lowest BCUT2D eigenvalue weighted by atomic mass is 10.2. The largest absolute Gasteiger partial charge is 0.460 e. The van der Waals surface area contributed by atoms with Gasteiger partial charge in [-0.25, -0.2) is 0 Å². The zero-order valence-corrected chi connectivity index (χ0v) is 10.7. The van der Waals surface area contributed by atoms with Gasteiger partial charge in [-0.15, -0.1) is 0 Å². The lowest BCUT2D eigenvalue weighted by Gasteiger charge is -2.08. The number of H-pyrrole nitrogens is 1. The van der Waals surface area contributed by atoms with Crippen molar-refractivity contribution in [3.05, 3.63) is 29.7 Å². The standard InChI is InChI=1S/C13H19N3O2/c1-3-11(17)8-14-6-10-7-15-16-13(10)12-5-4-9(2)18-12/h4-5,7,11,14,17H,3,6,8H2,1-2H3,(H,15,16). The summed E-state index contributed by atoms with van der Waals surface area (Å²) in [5.41, 5.74) is 1.93. The first-order valence-electron chi connectivity index (χ1n) is 6.18. The molecule has 2 rings (SSSR count). The van der Waals surface area contributed by atoms with Gasteiger partial charge >= 0.3 is 0 Å². The molecule has 2 heterocycles. The van der Waals surface area contributed by atoms with E-state index in [9.17, 15) is 5.11 Å². The maximum absolute atomic E-state index is 9.47. The molecule has 0 amide bonds. The Balaban J connectivity index is 2.00. The van der Waals surface area contributed by atoms with E-state index in [-0.39, 0.29) is 6.10 Å². The van der Waals surface area contributed by atoms with E-state index in [1.807, 2.05) is 26.0 Å². The third-order valence-electron chi connectivity index (χ3n) is 2.87. The van der Waals surface area contributed by atoms with E-state index >= 15 is 0 Å². The molecule has 98 valence electrons. The van der Waals surface area contributed by atoms with Crippen LogP contribution in [-0.4, -0.2) is 28.0 Å². The second-order valence-corrected chi connectivity index (χ2v) is 4.37. The van der Waals surface area contributed by atoms with E-state index in [1.54, 1.807) is 6.20 Å². The highest BCUT2D eigenvalue weighted by molar-refractivity contribution is 5.56. The van der Waals surface area contributed by atoms with Crippen LogP contribution in [0.3, 0.4) is 0 Å². The Morgan fingerprint density at radius 1 is 1.50 bits per heavy atom. The molecule has 3 N–H and O–H groups in total. The van der Waals surface area contributed by atoms with E-state index in [0.717, 1.165) is 29.2 Å².